The maximum Gasteiger partial charge on any atom is 0.280 e. The summed E-state index contributed by atoms with van der Waals surface area (Å²) in [6.07, 6.45) is 0. The van der Waals surface area contributed by atoms with Crippen LogP contribution in [0.5, 0.6) is 0 Å². The number of rotatable bonds is 1. The minimum atomic E-state index is -0.941. The number of amides is 1. The molecule has 3 aliphatic rings. The van der Waals surface area contributed by atoms with Gasteiger partial charge in [0.25, 0.3) is 11.5 Å². The van der Waals surface area contributed by atoms with Crippen molar-refractivity contribution in [1.29, 1.82) is 0 Å². The van der Waals surface area contributed by atoms with Crippen molar-refractivity contribution in [3.05, 3.63) is 87.2 Å². The number of para-hydroxylation sites is 1. The largest absolute Gasteiger partial charge is 0.503 e. The number of benzene rings is 1. The fraction of sp³-hybridized carbons (Fsp3) is 0. The second-order valence-electron chi connectivity index (χ2n) is 7.51. The van der Waals surface area contributed by atoms with E-state index in [4.69, 9.17) is 0 Å². The number of Topliss-reactive ketones (excluding diaryl/α,β-unsaturated/α-hetero) is 1. The van der Waals surface area contributed by atoms with Crippen molar-refractivity contribution in [2.75, 3.05) is 10.7 Å². The van der Waals surface area contributed by atoms with Crippen LogP contribution in [0.1, 0.15) is 21.0 Å². The summed E-state index contributed by atoms with van der Waals surface area (Å²) < 4.78 is 1.71. The summed E-state index contributed by atoms with van der Waals surface area (Å²) in [5.41, 5.74) is 3.55. The fourth-order valence-corrected chi connectivity index (χ4v) is 3.74. The first-order valence-corrected chi connectivity index (χ1v) is 10.1. The van der Waals surface area contributed by atoms with Gasteiger partial charge in [-0.2, -0.15) is 4.98 Å². The first-order valence-electron chi connectivity index (χ1n) is 10.1. The van der Waals surface area contributed by atoms with Gasteiger partial charge < -0.3 is 15.1 Å². The minimum Gasteiger partial charge on any atom is -0.503 e. The summed E-state index contributed by atoms with van der Waals surface area (Å²) in [5.74, 6) is -1.99. The van der Waals surface area contributed by atoms with Crippen molar-refractivity contribution in [1.82, 2.24) is 24.5 Å². The van der Waals surface area contributed by atoms with Gasteiger partial charge in [-0.05, 0) is 30.3 Å². The molecule has 35 heavy (non-hydrogen) atoms. The molecule has 0 fully saturated rings. The van der Waals surface area contributed by atoms with Gasteiger partial charge in [0.15, 0.2) is 11.5 Å². The number of ketones is 1. The standard InChI is InChI=1S/C22H14N8O4.Co/c31-17-13-8-10-6-7-11(23-10)9-14-28-29-22(30(14)12-4-2-1-3-5-12)27-21-25-16(20(34)26-21)18(32)15(24-13)19(17)33;/h1-9,23-24,28,33H,(H,26,27,29,34);. The molecule has 1 aromatic carbocycles. The third-order valence-electron chi connectivity index (χ3n) is 5.31. The molecule has 0 saturated heterocycles. The summed E-state index contributed by atoms with van der Waals surface area (Å²) in [4.78, 5) is 51.9. The number of aromatic nitrogens is 5. The van der Waals surface area contributed by atoms with Crippen LogP contribution in [0.25, 0.3) is 22.5 Å². The van der Waals surface area contributed by atoms with Crippen LogP contribution in [0.15, 0.2) is 64.5 Å². The molecule has 5 N–H and O–H groups in total. The van der Waals surface area contributed by atoms with Gasteiger partial charge in [-0.3, -0.25) is 29.7 Å². The second-order valence-corrected chi connectivity index (χ2v) is 7.51. The molecule has 1 amide bonds. The van der Waals surface area contributed by atoms with Crippen LogP contribution in [0.2, 0.25) is 0 Å². The first kappa shape index (κ1) is 22.1. The Hall–Kier alpha value is -4.75. The van der Waals surface area contributed by atoms with Gasteiger partial charge in [0, 0.05) is 33.9 Å². The van der Waals surface area contributed by atoms with Gasteiger partial charge in [-0.25, -0.2) is 4.98 Å². The van der Waals surface area contributed by atoms with Crippen LogP contribution in [0, 0.1) is 0 Å². The molecule has 12 nitrogen and oxygen atoms in total. The van der Waals surface area contributed by atoms with Crippen molar-refractivity contribution in [3.63, 3.8) is 0 Å². The molecular formula is C22H14CoN8O4. The maximum absolute atomic E-state index is 12.9. The number of anilines is 2. The van der Waals surface area contributed by atoms with E-state index in [1.54, 1.807) is 22.8 Å². The molecule has 2 aromatic heterocycles. The van der Waals surface area contributed by atoms with E-state index in [0.717, 1.165) is 5.69 Å². The molecule has 6 rings (SSSR count). The number of aliphatic hydroxyl groups is 1. The van der Waals surface area contributed by atoms with E-state index in [1.165, 1.54) is 6.07 Å². The van der Waals surface area contributed by atoms with Crippen LogP contribution in [-0.4, -0.2) is 41.3 Å². The van der Waals surface area contributed by atoms with Crippen LogP contribution >= 0.6 is 0 Å². The summed E-state index contributed by atoms with van der Waals surface area (Å²) in [6, 6.07) is 16.0. The molecule has 3 aliphatic heterocycles. The number of hydrogen-bond donors (Lipinski definition) is 5. The Balaban J connectivity index is 0.00000253. The third-order valence-corrected chi connectivity index (χ3v) is 5.31. The molecule has 0 spiro atoms. The fourth-order valence-electron chi connectivity index (χ4n) is 3.74. The van der Waals surface area contributed by atoms with E-state index in [1.807, 2.05) is 30.3 Å². The number of aliphatic hydroxyl groups excluding tert-OH is 1. The summed E-state index contributed by atoms with van der Waals surface area (Å²) in [6.45, 7) is 0. The quantitative estimate of drug-likeness (QED) is 0.318. The van der Waals surface area contributed by atoms with Crippen molar-refractivity contribution < 1.29 is 31.5 Å². The second kappa shape index (κ2) is 8.23. The van der Waals surface area contributed by atoms with Gasteiger partial charge in [-0.15, -0.1) is 5.10 Å². The normalized spacial score (nSPS) is 13.3. The number of aromatic amines is 2. The Morgan fingerprint density at radius 1 is 0.886 bits per heavy atom. The molecule has 13 heteroatoms. The van der Waals surface area contributed by atoms with Gasteiger partial charge in [0.2, 0.25) is 17.2 Å². The van der Waals surface area contributed by atoms with Gasteiger partial charge >= 0.3 is 0 Å². The van der Waals surface area contributed by atoms with Gasteiger partial charge in [0.05, 0.1) is 11.4 Å². The average Bonchev–Trinajstić information content (AvgIpc) is 3.59. The molecule has 0 atom stereocenters. The number of carbonyl (C=O) groups is 2. The van der Waals surface area contributed by atoms with Gasteiger partial charge in [0.1, 0.15) is 11.2 Å². The summed E-state index contributed by atoms with van der Waals surface area (Å²) >= 11 is 0. The molecule has 3 aromatic rings. The molecule has 5 heterocycles. The number of carbonyl (C=O) groups excluding carboxylic acids is 2. The van der Waals surface area contributed by atoms with Crippen molar-refractivity contribution in [2.24, 2.45) is 5.10 Å². The number of H-pyrrole nitrogens is 2. The Morgan fingerprint density at radius 3 is 2.40 bits per heavy atom. The van der Waals surface area contributed by atoms with E-state index in [9.17, 15) is 19.5 Å². The molecule has 1 radical (unpaired) electrons. The smallest absolute Gasteiger partial charge is 0.280 e. The van der Waals surface area contributed by atoms with E-state index in [-0.39, 0.29) is 34.0 Å². The van der Waals surface area contributed by atoms with Crippen LogP contribution in [-0.2, 0) is 16.8 Å². The van der Waals surface area contributed by atoms with E-state index < -0.39 is 33.9 Å². The van der Waals surface area contributed by atoms with E-state index in [2.05, 4.69) is 35.8 Å². The molecule has 8 bridgehead atoms. The zero-order valence-corrected chi connectivity index (χ0v) is 18.5. The Labute approximate surface area is 205 Å². The number of nitrogens with one attached hydrogen (secondary N) is 4. The van der Waals surface area contributed by atoms with Crippen LogP contribution in [0.3, 0.4) is 0 Å². The summed E-state index contributed by atoms with van der Waals surface area (Å²) in [7, 11) is 0. The SMILES string of the molecule is O=C1C(O)=c2[nH]c1cc1ccc(cc3n(-c4ccccc4)c(nc4nc(c2=O)C(=O)N4)=NN3)[nH]1.[Co]. The molecule has 0 aliphatic carbocycles. The Morgan fingerprint density at radius 2 is 1.63 bits per heavy atom. The predicted molar refractivity (Wildman–Crippen MR) is 121 cm³/mol. The summed E-state index contributed by atoms with van der Waals surface area (Å²) in [5, 5.41) is 16.5. The molecular weight excluding hydrogens is 499 g/mol. The molecule has 175 valence electrons. The van der Waals surface area contributed by atoms with Crippen LogP contribution < -0.4 is 27.1 Å². The Kier molecular flexibility index (Phi) is 5.19. The van der Waals surface area contributed by atoms with Crippen LogP contribution in [0.4, 0.5) is 11.8 Å². The number of fused-ring (bicyclic) bond motifs is 8. The molecule has 0 saturated carbocycles. The Bertz CT molecular complexity index is 1790. The third kappa shape index (κ3) is 3.64. The predicted octanol–water partition coefficient (Wildman–Crippen LogP) is 0.634. The number of hydrogen-bond acceptors (Lipinski definition) is 8. The van der Waals surface area contributed by atoms with Crippen molar-refractivity contribution in [2.45, 2.75) is 0 Å². The minimum absolute atomic E-state index is 0. The van der Waals surface area contributed by atoms with Gasteiger partial charge in [-0.1, -0.05) is 18.2 Å². The average molecular weight is 513 g/mol. The monoisotopic (exact) mass is 513 g/mol. The topological polar surface area (TPSA) is 170 Å². The van der Waals surface area contributed by atoms with E-state index in [0.29, 0.717) is 16.9 Å². The number of nitrogens with zero attached hydrogens (tertiary/aromatic N) is 4. The molecule has 0 unspecified atom stereocenters. The maximum atomic E-state index is 12.9. The van der Waals surface area contributed by atoms with Crippen molar-refractivity contribution in [3.8, 4) is 5.69 Å². The zero-order chi connectivity index (χ0) is 23.4. The first-order chi connectivity index (χ1) is 16.5. The van der Waals surface area contributed by atoms with Crippen molar-refractivity contribution >= 4 is 40.2 Å². The van der Waals surface area contributed by atoms with E-state index >= 15 is 0 Å². The zero-order valence-electron chi connectivity index (χ0n) is 17.5.